The van der Waals surface area contributed by atoms with Crippen molar-refractivity contribution in [3.63, 3.8) is 0 Å². The molecule has 0 amide bonds. The average Bonchev–Trinajstić information content (AvgIpc) is 2.03. The lowest BCUT2D eigenvalue weighted by Crippen LogP contribution is -1.97. The van der Waals surface area contributed by atoms with E-state index in [1.54, 1.807) is 18.2 Å². The van der Waals surface area contributed by atoms with Crippen molar-refractivity contribution in [2.75, 3.05) is 12.8 Å². The molecule has 1 rings (SSSR count). The topological polar surface area (TPSA) is 72.5 Å². The maximum atomic E-state index is 10.5. The SMILES string of the molecule is COc1ccc(CS(=O)O)cc1N. The van der Waals surface area contributed by atoms with Gasteiger partial charge in [-0.1, -0.05) is 6.07 Å². The highest BCUT2D eigenvalue weighted by molar-refractivity contribution is 7.78. The zero-order valence-corrected chi connectivity index (χ0v) is 8.00. The number of methoxy groups -OCH3 is 1. The maximum absolute atomic E-state index is 10.5. The first-order valence-electron chi connectivity index (χ1n) is 3.63. The van der Waals surface area contributed by atoms with Gasteiger partial charge in [-0.2, -0.15) is 0 Å². The van der Waals surface area contributed by atoms with Gasteiger partial charge in [-0.3, -0.25) is 0 Å². The van der Waals surface area contributed by atoms with Crippen molar-refractivity contribution in [3.8, 4) is 5.75 Å². The first-order valence-corrected chi connectivity index (χ1v) is 4.91. The van der Waals surface area contributed by atoms with E-state index in [4.69, 9.17) is 15.0 Å². The van der Waals surface area contributed by atoms with Gasteiger partial charge in [0.25, 0.3) is 0 Å². The molecule has 0 spiro atoms. The quantitative estimate of drug-likeness (QED) is 0.565. The summed E-state index contributed by atoms with van der Waals surface area (Å²) in [7, 11) is 1.52. The Labute approximate surface area is 79.0 Å². The van der Waals surface area contributed by atoms with Gasteiger partial charge in [0.15, 0.2) is 11.1 Å². The molecule has 0 aliphatic rings. The number of hydrogen-bond donors (Lipinski definition) is 2. The second-order valence-electron chi connectivity index (χ2n) is 2.54. The second kappa shape index (κ2) is 4.25. The molecule has 1 unspecified atom stereocenters. The fraction of sp³-hybridized carbons (Fsp3) is 0.250. The van der Waals surface area contributed by atoms with E-state index in [1.807, 2.05) is 0 Å². The van der Waals surface area contributed by atoms with Crippen LogP contribution in [0.2, 0.25) is 0 Å². The summed E-state index contributed by atoms with van der Waals surface area (Å²) in [5.41, 5.74) is 6.80. The van der Waals surface area contributed by atoms with E-state index in [2.05, 4.69) is 0 Å². The van der Waals surface area contributed by atoms with Crippen LogP contribution in [0.5, 0.6) is 5.75 Å². The largest absolute Gasteiger partial charge is 0.495 e. The third-order valence-electron chi connectivity index (χ3n) is 1.58. The Balaban J connectivity index is 2.89. The number of benzene rings is 1. The van der Waals surface area contributed by atoms with Crippen LogP contribution in [0.1, 0.15) is 5.56 Å². The third kappa shape index (κ3) is 2.71. The summed E-state index contributed by atoms with van der Waals surface area (Å²) in [5.74, 6) is 0.668. The molecule has 72 valence electrons. The van der Waals surface area contributed by atoms with Crippen molar-refractivity contribution >= 4 is 16.8 Å². The van der Waals surface area contributed by atoms with E-state index >= 15 is 0 Å². The average molecular weight is 201 g/mol. The van der Waals surface area contributed by atoms with Crippen molar-refractivity contribution in [3.05, 3.63) is 23.8 Å². The fourth-order valence-electron chi connectivity index (χ4n) is 1.02. The molecule has 13 heavy (non-hydrogen) atoms. The van der Waals surface area contributed by atoms with E-state index in [0.29, 0.717) is 11.4 Å². The Morgan fingerprint density at radius 2 is 2.31 bits per heavy atom. The molecule has 0 fully saturated rings. The molecule has 4 nitrogen and oxygen atoms in total. The first-order chi connectivity index (χ1) is 6.13. The normalized spacial score (nSPS) is 12.5. The van der Waals surface area contributed by atoms with Gasteiger partial charge in [0, 0.05) is 0 Å². The molecule has 0 bridgehead atoms. The van der Waals surface area contributed by atoms with Gasteiger partial charge in [0.05, 0.1) is 18.6 Å². The standard InChI is InChI=1S/C8H11NO3S/c1-12-8-3-2-6(4-7(8)9)5-13(10)11/h2-4H,5,9H2,1H3,(H,10,11). The molecule has 0 aliphatic carbocycles. The van der Waals surface area contributed by atoms with Crippen molar-refractivity contribution in [1.29, 1.82) is 0 Å². The zero-order chi connectivity index (χ0) is 9.84. The molecule has 0 saturated carbocycles. The summed E-state index contributed by atoms with van der Waals surface area (Å²) in [6.07, 6.45) is 0. The van der Waals surface area contributed by atoms with Gasteiger partial charge in [0.1, 0.15) is 5.75 Å². The number of hydrogen-bond acceptors (Lipinski definition) is 3. The minimum Gasteiger partial charge on any atom is -0.495 e. The van der Waals surface area contributed by atoms with Crippen LogP contribution in [-0.4, -0.2) is 15.9 Å². The molecule has 0 heterocycles. The molecule has 1 aromatic rings. The molecule has 0 aromatic heterocycles. The summed E-state index contributed by atoms with van der Waals surface area (Å²) in [5, 5.41) is 0. The molecule has 0 saturated heterocycles. The highest BCUT2D eigenvalue weighted by Gasteiger charge is 2.02. The van der Waals surface area contributed by atoms with Crippen molar-refractivity contribution in [2.45, 2.75) is 5.75 Å². The minimum atomic E-state index is -1.83. The number of nitrogens with two attached hydrogens (primary N) is 1. The fourth-order valence-corrected chi connectivity index (χ4v) is 1.48. The molecule has 0 radical (unpaired) electrons. The molecule has 1 atom stereocenters. The summed E-state index contributed by atoms with van der Waals surface area (Å²) < 4.78 is 24.0. The molecular formula is C8H11NO3S. The number of rotatable bonds is 3. The molecule has 3 N–H and O–H groups in total. The van der Waals surface area contributed by atoms with E-state index in [-0.39, 0.29) is 5.75 Å². The zero-order valence-electron chi connectivity index (χ0n) is 7.19. The predicted molar refractivity (Wildman–Crippen MR) is 51.9 cm³/mol. The smallest absolute Gasteiger partial charge is 0.157 e. The Hall–Kier alpha value is -1.07. The van der Waals surface area contributed by atoms with Crippen LogP contribution in [0, 0.1) is 0 Å². The number of ether oxygens (including phenoxy) is 1. The first kappa shape index (κ1) is 10.0. The van der Waals surface area contributed by atoms with E-state index < -0.39 is 11.1 Å². The monoisotopic (exact) mass is 201 g/mol. The molecular weight excluding hydrogens is 190 g/mol. The Morgan fingerprint density at radius 3 is 2.77 bits per heavy atom. The van der Waals surface area contributed by atoms with Crippen molar-refractivity contribution in [1.82, 2.24) is 0 Å². The van der Waals surface area contributed by atoms with E-state index in [9.17, 15) is 4.21 Å². The van der Waals surface area contributed by atoms with Gasteiger partial charge in [-0.05, 0) is 17.7 Å². The van der Waals surface area contributed by atoms with Crippen molar-refractivity contribution in [2.24, 2.45) is 0 Å². The number of nitrogen functional groups attached to an aromatic ring is 1. The molecule has 5 heteroatoms. The lowest BCUT2D eigenvalue weighted by molar-refractivity contribution is 0.417. The lowest BCUT2D eigenvalue weighted by atomic mass is 10.2. The Morgan fingerprint density at radius 1 is 1.62 bits per heavy atom. The Kier molecular flexibility index (Phi) is 3.27. The highest BCUT2D eigenvalue weighted by Crippen LogP contribution is 2.22. The van der Waals surface area contributed by atoms with Gasteiger partial charge >= 0.3 is 0 Å². The highest BCUT2D eigenvalue weighted by atomic mass is 32.2. The predicted octanol–water partition coefficient (Wildman–Crippen LogP) is 0.999. The summed E-state index contributed by atoms with van der Waals surface area (Å²) in [6, 6.07) is 5.02. The van der Waals surface area contributed by atoms with Crippen LogP contribution in [-0.2, 0) is 16.8 Å². The lowest BCUT2D eigenvalue weighted by Gasteiger charge is -2.05. The summed E-state index contributed by atoms with van der Waals surface area (Å²) >= 11 is -1.83. The number of anilines is 1. The summed E-state index contributed by atoms with van der Waals surface area (Å²) in [6.45, 7) is 0. The molecule has 1 aromatic carbocycles. The van der Waals surface area contributed by atoms with Gasteiger partial charge in [-0.25, -0.2) is 4.21 Å². The van der Waals surface area contributed by atoms with Gasteiger partial charge < -0.3 is 15.0 Å². The second-order valence-corrected chi connectivity index (χ2v) is 3.47. The maximum Gasteiger partial charge on any atom is 0.157 e. The van der Waals surface area contributed by atoms with Crippen LogP contribution >= 0.6 is 0 Å². The summed E-state index contributed by atoms with van der Waals surface area (Å²) in [4.78, 5) is 0. The van der Waals surface area contributed by atoms with Crippen LogP contribution < -0.4 is 10.5 Å². The van der Waals surface area contributed by atoms with Crippen LogP contribution in [0.15, 0.2) is 18.2 Å². The Bertz CT molecular complexity index is 327. The van der Waals surface area contributed by atoms with Crippen LogP contribution in [0.25, 0.3) is 0 Å². The van der Waals surface area contributed by atoms with Crippen LogP contribution in [0.3, 0.4) is 0 Å². The molecule has 0 aliphatic heterocycles. The minimum absolute atomic E-state index is 0.0915. The third-order valence-corrected chi connectivity index (χ3v) is 2.16. The van der Waals surface area contributed by atoms with Gasteiger partial charge in [-0.15, -0.1) is 0 Å². The van der Waals surface area contributed by atoms with E-state index in [0.717, 1.165) is 5.56 Å². The van der Waals surface area contributed by atoms with Gasteiger partial charge in [0.2, 0.25) is 0 Å². The van der Waals surface area contributed by atoms with E-state index in [1.165, 1.54) is 7.11 Å². The van der Waals surface area contributed by atoms with Crippen molar-refractivity contribution < 1.29 is 13.5 Å². The van der Waals surface area contributed by atoms with Crippen LogP contribution in [0.4, 0.5) is 5.69 Å².